The number of fused-ring (bicyclic) bond motifs is 1. The van der Waals surface area contributed by atoms with Crippen LogP contribution >= 0.6 is 0 Å². The predicted octanol–water partition coefficient (Wildman–Crippen LogP) is 1.71. The lowest BCUT2D eigenvalue weighted by atomic mass is 9.99. The van der Waals surface area contributed by atoms with Gasteiger partial charge in [-0.05, 0) is 38.3 Å². The number of aromatic amines is 1. The zero-order chi connectivity index (χ0) is 18.0. The molecule has 0 bridgehead atoms. The molecule has 0 radical (unpaired) electrons. The molecule has 0 saturated carbocycles. The molecule has 1 saturated heterocycles. The second kappa shape index (κ2) is 6.66. The lowest BCUT2D eigenvalue weighted by Crippen LogP contribution is -2.50. The summed E-state index contributed by atoms with van der Waals surface area (Å²) in [5, 5.41) is 9.92. The van der Waals surface area contributed by atoms with Crippen molar-refractivity contribution < 1.29 is 14.7 Å². The normalized spacial score (nSPS) is 20.1. The second-order valence-electron chi connectivity index (χ2n) is 6.61. The first-order valence-corrected chi connectivity index (χ1v) is 8.43. The number of hydrogen-bond acceptors (Lipinski definition) is 4. The van der Waals surface area contributed by atoms with E-state index < -0.39 is 11.5 Å². The first kappa shape index (κ1) is 17.1. The van der Waals surface area contributed by atoms with Gasteiger partial charge in [-0.3, -0.25) is 9.59 Å². The molecule has 7 heteroatoms. The number of aliphatic carboxylic acids is 1. The lowest BCUT2D eigenvalue weighted by molar-refractivity contribution is -0.155. The predicted molar refractivity (Wildman–Crippen MR) is 92.3 cm³/mol. The molecule has 1 aromatic heterocycles. The largest absolute Gasteiger partial charge is 0.480 e. The maximum Gasteiger partial charge on any atom is 0.329 e. The fourth-order valence-electron chi connectivity index (χ4n) is 3.38. The average Bonchev–Trinajstić information content (AvgIpc) is 2.98. The van der Waals surface area contributed by atoms with Crippen LogP contribution in [0.15, 0.2) is 29.1 Å². The van der Waals surface area contributed by atoms with Crippen molar-refractivity contribution >= 4 is 22.8 Å². The van der Waals surface area contributed by atoms with E-state index in [0.717, 1.165) is 0 Å². The smallest absolute Gasteiger partial charge is 0.329 e. The minimum Gasteiger partial charge on any atom is -0.480 e. The van der Waals surface area contributed by atoms with E-state index in [4.69, 9.17) is 0 Å². The zero-order valence-corrected chi connectivity index (χ0v) is 14.1. The van der Waals surface area contributed by atoms with Crippen LogP contribution in [0.4, 0.5) is 0 Å². The van der Waals surface area contributed by atoms with Gasteiger partial charge in [0.15, 0.2) is 0 Å². The molecule has 1 unspecified atom stereocenters. The van der Waals surface area contributed by atoms with Crippen molar-refractivity contribution in [3.05, 3.63) is 40.4 Å². The SMILES string of the molecule is CC1(C(=O)O)CCCN1C(=O)CCCc1nc2ccccc2c(=O)[nH]1. The standard InChI is InChI=1S/C18H21N3O4/c1-18(17(24)25)10-5-11-21(18)15(22)9-4-8-14-19-13-7-3-2-6-12(13)16(23)20-14/h2-3,6-7H,4-5,8-11H2,1H3,(H,24,25)(H,19,20,23). The number of amides is 1. The van der Waals surface area contributed by atoms with Crippen molar-refractivity contribution in [3.63, 3.8) is 0 Å². The summed E-state index contributed by atoms with van der Waals surface area (Å²) >= 11 is 0. The van der Waals surface area contributed by atoms with Gasteiger partial charge in [0.25, 0.3) is 5.56 Å². The molecule has 7 nitrogen and oxygen atoms in total. The molecule has 1 fully saturated rings. The van der Waals surface area contributed by atoms with E-state index >= 15 is 0 Å². The number of carbonyl (C=O) groups is 2. The molecule has 1 aliphatic rings. The summed E-state index contributed by atoms with van der Waals surface area (Å²) in [7, 11) is 0. The summed E-state index contributed by atoms with van der Waals surface area (Å²) in [6.45, 7) is 2.08. The third kappa shape index (κ3) is 3.26. The Morgan fingerprint density at radius 1 is 1.36 bits per heavy atom. The maximum atomic E-state index is 12.4. The summed E-state index contributed by atoms with van der Waals surface area (Å²) < 4.78 is 0. The van der Waals surface area contributed by atoms with Crippen LogP contribution in [0, 0.1) is 0 Å². The third-order valence-corrected chi connectivity index (χ3v) is 4.87. The summed E-state index contributed by atoms with van der Waals surface area (Å²) in [5.74, 6) is -0.580. The summed E-state index contributed by atoms with van der Waals surface area (Å²) in [6.07, 6.45) is 2.39. The van der Waals surface area contributed by atoms with Gasteiger partial charge in [-0.25, -0.2) is 9.78 Å². The molecule has 132 valence electrons. The first-order valence-electron chi connectivity index (χ1n) is 8.43. The molecule has 2 N–H and O–H groups in total. The van der Waals surface area contributed by atoms with Gasteiger partial charge < -0.3 is 15.0 Å². The van der Waals surface area contributed by atoms with Crippen LogP contribution in [0.2, 0.25) is 0 Å². The monoisotopic (exact) mass is 343 g/mol. The number of aromatic nitrogens is 2. The molecule has 3 rings (SSSR count). The van der Waals surface area contributed by atoms with Gasteiger partial charge in [0.1, 0.15) is 11.4 Å². The Kier molecular flexibility index (Phi) is 4.57. The minimum atomic E-state index is -1.10. The number of carboxylic acids is 1. The van der Waals surface area contributed by atoms with E-state index in [1.165, 1.54) is 4.90 Å². The van der Waals surface area contributed by atoms with Crippen LogP contribution in [0.1, 0.15) is 38.4 Å². The van der Waals surface area contributed by atoms with E-state index in [-0.39, 0.29) is 17.9 Å². The van der Waals surface area contributed by atoms with Crippen molar-refractivity contribution in [1.29, 1.82) is 0 Å². The number of likely N-dealkylation sites (tertiary alicyclic amines) is 1. The molecule has 1 aromatic carbocycles. The molecule has 25 heavy (non-hydrogen) atoms. The molecule has 2 aromatic rings. The van der Waals surface area contributed by atoms with Gasteiger partial charge in [0, 0.05) is 19.4 Å². The number of nitrogens with one attached hydrogen (secondary N) is 1. The van der Waals surface area contributed by atoms with Crippen molar-refractivity contribution in [2.45, 2.75) is 44.6 Å². The van der Waals surface area contributed by atoms with Crippen LogP contribution in [0.5, 0.6) is 0 Å². The summed E-state index contributed by atoms with van der Waals surface area (Å²) in [6, 6.07) is 7.10. The third-order valence-electron chi connectivity index (χ3n) is 4.87. The van der Waals surface area contributed by atoms with Gasteiger partial charge in [-0.15, -0.1) is 0 Å². The Morgan fingerprint density at radius 2 is 2.12 bits per heavy atom. The zero-order valence-electron chi connectivity index (χ0n) is 14.1. The highest BCUT2D eigenvalue weighted by molar-refractivity contribution is 5.87. The number of benzene rings is 1. The molecule has 2 heterocycles. The number of aryl methyl sites for hydroxylation is 1. The average molecular weight is 343 g/mol. The molecule has 0 spiro atoms. The number of para-hydroxylation sites is 1. The van der Waals surface area contributed by atoms with Crippen molar-refractivity contribution in [2.24, 2.45) is 0 Å². The summed E-state index contributed by atoms with van der Waals surface area (Å²) in [4.78, 5) is 44.5. The highest BCUT2D eigenvalue weighted by Crippen LogP contribution is 2.30. The van der Waals surface area contributed by atoms with Crippen LogP contribution in [-0.2, 0) is 16.0 Å². The lowest BCUT2D eigenvalue weighted by Gasteiger charge is -2.31. The second-order valence-corrected chi connectivity index (χ2v) is 6.61. The topological polar surface area (TPSA) is 103 Å². The van der Waals surface area contributed by atoms with Gasteiger partial charge in [0.2, 0.25) is 5.91 Å². The Hall–Kier alpha value is -2.70. The Morgan fingerprint density at radius 3 is 2.88 bits per heavy atom. The first-order chi connectivity index (χ1) is 11.9. The highest BCUT2D eigenvalue weighted by Gasteiger charge is 2.45. The van der Waals surface area contributed by atoms with E-state index in [0.29, 0.717) is 49.0 Å². The van der Waals surface area contributed by atoms with Crippen LogP contribution < -0.4 is 5.56 Å². The number of carbonyl (C=O) groups excluding carboxylic acids is 1. The number of carboxylic acid groups (broad SMARTS) is 1. The van der Waals surface area contributed by atoms with Crippen LogP contribution in [0.3, 0.4) is 0 Å². The molecule has 0 aliphatic carbocycles. The van der Waals surface area contributed by atoms with E-state index in [1.807, 2.05) is 6.07 Å². The molecule has 1 amide bonds. The number of hydrogen-bond donors (Lipinski definition) is 2. The Balaban J connectivity index is 1.64. The van der Waals surface area contributed by atoms with E-state index in [2.05, 4.69) is 9.97 Å². The quantitative estimate of drug-likeness (QED) is 0.860. The van der Waals surface area contributed by atoms with Crippen molar-refractivity contribution in [1.82, 2.24) is 14.9 Å². The van der Waals surface area contributed by atoms with Gasteiger partial charge in [-0.1, -0.05) is 12.1 Å². The fourth-order valence-corrected chi connectivity index (χ4v) is 3.38. The molecule has 1 aliphatic heterocycles. The highest BCUT2D eigenvalue weighted by atomic mass is 16.4. The Labute approximate surface area is 144 Å². The van der Waals surface area contributed by atoms with Gasteiger partial charge in [-0.2, -0.15) is 0 Å². The molecular weight excluding hydrogens is 322 g/mol. The van der Waals surface area contributed by atoms with E-state index in [9.17, 15) is 19.5 Å². The number of nitrogens with zero attached hydrogens (tertiary/aromatic N) is 2. The summed E-state index contributed by atoms with van der Waals surface area (Å²) in [5.41, 5.74) is -0.664. The van der Waals surface area contributed by atoms with E-state index in [1.54, 1.807) is 25.1 Å². The van der Waals surface area contributed by atoms with Gasteiger partial charge >= 0.3 is 5.97 Å². The Bertz CT molecular complexity index is 876. The maximum absolute atomic E-state index is 12.4. The fraction of sp³-hybridized carbons (Fsp3) is 0.444. The molecule has 1 atom stereocenters. The molecular formula is C18H21N3O4. The van der Waals surface area contributed by atoms with Gasteiger partial charge in [0.05, 0.1) is 10.9 Å². The van der Waals surface area contributed by atoms with Crippen molar-refractivity contribution in [3.8, 4) is 0 Å². The van der Waals surface area contributed by atoms with Crippen LogP contribution in [0.25, 0.3) is 10.9 Å². The number of rotatable bonds is 5. The van der Waals surface area contributed by atoms with Crippen LogP contribution in [-0.4, -0.2) is 43.9 Å². The van der Waals surface area contributed by atoms with Crippen molar-refractivity contribution in [2.75, 3.05) is 6.54 Å². The number of H-pyrrole nitrogens is 1. The minimum absolute atomic E-state index is 0.162.